The summed E-state index contributed by atoms with van der Waals surface area (Å²) in [5.41, 5.74) is 3.01. The molecule has 0 saturated carbocycles. The Kier molecular flexibility index (Phi) is 4.79. The monoisotopic (exact) mass is 274 g/mol. The van der Waals surface area contributed by atoms with E-state index in [1.807, 2.05) is 28.9 Å². The highest BCUT2D eigenvalue weighted by Crippen LogP contribution is 2.26. The highest BCUT2D eigenvalue weighted by molar-refractivity contribution is 5.34. The minimum atomic E-state index is -0.624. The molecule has 4 nitrogen and oxygen atoms in total. The summed E-state index contributed by atoms with van der Waals surface area (Å²) in [6, 6.07) is 9.66. The van der Waals surface area contributed by atoms with Crippen LogP contribution in [0.1, 0.15) is 36.9 Å². The van der Waals surface area contributed by atoms with E-state index in [2.05, 4.69) is 25.0 Å². The van der Waals surface area contributed by atoms with Gasteiger partial charge in [-0.2, -0.15) is 5.10 Å². The predicted octanol–water partition coefficient (Wildman–Crippen LogP) is 2.75. The average Bonchev–Trinajstić information content (AvgIpc) is 2.89. The van der Waals surface area contributed by atoms with Crippen molar-refractivity contribution in [3.05, 3.63) is 47.3 Å². The third kappa shape index (κ3) is 3.02. The zero-order valence-corrected chi connectivity index (χ0v) is 12.3. The van der Waals surface area contributed by atoms with E-state index in [-0.39, 0.29) is 0 Å². The fraction of sp³-hybridized carbons (Fsp3) is 0.438. The Labute approximate surface area is 120 Å². The zero-order chi connectivity index (χ0) is 14.5. The van der Waals surface area contributed by atoms with Crippen molar-refractivity contribution in [1.29, 1.82) is 0 Å². The van der Waals surface area contributed by atoms with Gasteiger partial charge in [-0.15, -0.1) is 0 Å². The Morgan fingerprint density at radius 3 is 2.65 bits per heavy atom. The van der Waals surface area contributed by atoms with E-state index in [9.17, 15) is 5.11 Å². The molecule has 2 aromatic rings. The van der Waals surface area contributed by atoms with Crippen LogP contribution in [0, 0.1) is 0 Å². The van der Waals surface area contributed by atoms with Gasteiger partial charge in [0.2, 0.25) is 0 Å². The molecule has 0 radical (unpaired) electrons. The standard InChI is InChI=1S/C16H22N2O2/c1-4-12-10-13(5-2)18(17-12)11-15(19)14-8-6-7-9-16(14)20-3/h6-10,15,19H,4-5,11H2,1-3H3. The molecule has 108 valence electrons. The fourth-order valence-electron chi connectivity index (χ4n) is 2.33. The van der Waals surface area contributed by atoms with Crippen LogP contribution in [0.15, 0.2) is 30.3 Å². The minimum absolute atomic E-state index is 0.448. The molecule has 0 bridgehead atoms. The molecule has 1 unspecified atom stereocenters. The number of para-hydroxylation sites is 1. The molecule has 0 aliphatic carbocycles. The van der Waals surface area contributed by atoms with E-state index in [0.29, 0.717) is 12.3 Å². The predicted molar refractivity (Wildman–Crippen MR) is 78.9 cm³/mol. The van der Waals surface area contributed by atoms with Crippen LogP contribution in [-0.4, -0.2) is 22.0 Å². The Bertz CT molecular complexity index is 563. The molecule has 0 fully saturated rings. The Morgan fingerprint density at radius 1 is 1.25 bits per heavy atom. The number of nitrogens with zero attached hydrogens (tertiary/aromatic N) is 2. The van der Waals surface area contributed by atoms with Gasteiger partial charge in [0.15, 0.2) is 0 Å². The first-order valence-corrected chi connectivity index (χ1v) is 7.06. The normalized spacial score (nSPS) is 12.4. The van der Waals surface area contributed by atoms with E-state index in [1.54, 1.807) is 7.11 Å². The lowest BCUT2D eigenvalue weighted by Crippen LogP contribution is -2.13. The third-order valence-electron chi connectivity index (χ3n) is 3.48. The largest absolute Gasteiger partial charge is 0.496 e. The van der Waals surface area contributed by atoms with Gasteiger partial charge in [0.25, 0.3) is 0 Å². The summed E-state index contributed by atoms with van der Waals surface area (Å²) >= 11 is 0. The molecule has 0 amide bonds. The molecule has 0 saturated heterocycles. The van der Waals surface area contributed by atoms with Crippen molar-refractivity contribution >= 4 is 0 Å². The van der Waals surface area contributed by atoms with E-state index in [0.717, 1.165) is 29.8 Å². The number of ether oxygens (including phenoxy) is 1. The van der Waals surface area contributed by atoms with E-state index in [4.69, 9.17) is 4.74 Å². The van der Waals surface area contributed by atoms with E-state index < -0.39 is 6.10 Å². The first kappa shape index (κ1) is 14.6. The van der Waals surface area contributed by atoms with Gasteiger partial charge in [-0.3, -0.25) is 4.68 Å². The highest BCUT2D eigenvalue weighted by atomic mass is 16.5. The van der Waals surface area contributed by atoms with Gasteiger partial charge < -0.3 is 9.84 Å². The third-order valence-corrected chi connectivity index (χ3v) is 3.48. The van der Waals surface area contributed by atoms with Crippen LogP contribution in [0.25, 0.3) is 0 Å². The first-order chi connectivity index (χ1) is 9.69. The molecule has 1 heterocycles. The summed E-state index contributed by atoms with van der Waals surface area (Å²) in [4.78, 5) is 0. The van der Waals surface area contributed by atoms with Crippen molar-refractivity contribution in [2.75, 3.05) is 7.11 Å². The lowest BCUT2D eigenvalue weighted by Gasteiger charge is -2.16. The lowest BCUT2D eigenvalue weighted by atomic mass is 10.1. The van der Waals surface area contributed by atoms with Crippen LogP contribution in [-0.2, 0) is 19.4 Å². The van der Waals surface area contributed by atoms with Crippen LogP contribution in [0.2, 0.25) is 0 Å². The summed E-state index contributed by atoms with van der Waals surface area (Å²) in [7, 11) is 1.62. The number of aliphatic hydroxyl groups excluding tert-OH is 1. The molecule has 0 spiro atoms. The second kappa shape index (κ2) is 6.57. The van der Waals surface area contributed by atoms with E-state index >= 15 is 0 Å². The molecule has 1 aromatic heterocycles. The second-order valence-corrected chi connectivity index (χ2v) is 4.77. The molecule has 1 atom stereocenters. The molecular formula is C16H22N2O2. The first-order valence-electron chi connectivity index (χ1n) is 7.06. The van der Waals surface area contributed by atoms with Crippen molar-refractivity contribution in [2.45, 2.75) is 39.3 Å². The number of hydrogen-bond donors (Lipinski definition) is 1. The Hall–Kier alpha value is -1.81. The van der Waals surface area contributed by atoms with Gasteiger partial charge in [0, 0.05) is 11.3 Å². The van der Waals surface area contributed by atoms with Crippen molar-refractivity contribution in [1.82, 2.24) is 9.78 Å². The Balaban J connectivity index is 2.22. The SMILES string of the molecule is CCc1cc(CC)n(CC(O)c2ccccc2OC)n1. The number of benzene rings is 1. The van der Waals surface area contributed by atoms with Crippen molar-refractivity contribution in [3.8, 4) is 5.75 Å². The van der Waals surface area contributed by atoms with Crippen LogP contribution < -0.4 is 4.74 Å². The van der Waals surface area contributed by atoms with Gasteiger partial charge in [0.05, 0.1) is 19.3 Å². The molecule has 1 N–H and O–H groups in total. The molecule has 4 heteroatoms. The fourth-order valence-corrected chi connectivity index (χ4v) is 2.33. The van der Waals surface area contributed by atoms with Gasteiger partial charge in [-0.25, -0.2) is 0 Å². The van der Waals surface area contributed by atoms with Crippen molar-refractivity contribution in [3.63, 3.8) is 0 Å². The molecule has 20 heavy (non-hydrogen) atoms. The molecular weight excluding hydrogens is 252 g/mol. The smallest absolute Gasteiger partial charge is 0.124 e. The van der Waals surface area contributed by atoms with Gasteiger partial charge in [-0.1, -0.05) is 32.0 Å². The van der Waals surface area contributed by atoms with Gasteiger partial charge in [-0.05, 0) is 25.0 Å². The summed E-state index contributed by atoms with van der Waals surface area (Å²) in [5.74, 6) is 0.709. The van der Waals surface area contributed by atoms with Crippen molar-refractivity contribution < 1.29 is 9.84 Å². The lowest BCUT2D eigenvalue weighted by molar-refractivity contribution is 0.146. The second-order valence-electron chi connectivity index (χ2n) is 4.77. The highest BCUT2D eigenvalue weighted by Gasteiger charge is 2.15. The summed E-state index contributed by atoms with van der Waals surface area (Å²) in [6.07, 6.45) is 1.19. The summed E-state index contributed by atoms with van der Waals surface area (Å²) in [5, 5.41) is 15.0. The maximum Gasteiger partial charge on any atom is 0.124 e. The number of aliphatic hydroxyl groups is 1. The maximum absolute atomic E-state index is 10.4. The topological polar surface area (TPSA) is 47.3 Å². The maximum atomic E-state index is 10.4. The van der Waals surface area contributed by atoms with Crippen LogP contribution in [0.4, 0.5) is 0 Å². The van der Waals surface area contributed by atoms with Crippen LogP contribution in [0.3, 0.4) is 0 Å². The number of aromatic nitrogens is 2. The number of hydrogen-bond acceptors (Lipinski definition) is 3. The van der Waals surface area contributed by atoms with Gasteiger partial charge >= 0.3 is 0 Å². The molecule has 0 aliphatic heterocycles. The van der Waals surface area contributed by atoms with Crippen LogP contribution >= 0.6 is 0 Å². The Morgan fingerprint density at radius 2 is 2.00 bits per heavy atom. The summed E-state index contributed by atoms with van der Waals surface area (Å²) < 4.78 is 7.20. The number of rotatable bonds is 6. The average molecular weight is 274 g/mol. The number of methoxy groups -OCH3 is 1. The van der Waals surface area contributed by atoms with Crippen molar-refractivity contribution in [2.24, 2.45) is 0 Å². The minimum Gasteiger partial charge on any atom is -0.496 e. The summed E-state index contributed by atoms with van der Waals surface area (Å²) in [6.45, 7) is 4.63. The molecule has 2 rings (SSSR count). The van der Waals surface area contributed by atoms with Gasteiger partial charge in [0.1, 0.15) is 11.9 Å². The zero-order valence-electron chi connectivity index (χ0n) is 12.3. The van der Waals surface area contributed by atoms with E-state index in [1.165, 1.54) is 0 Å². The quantitative estimate of drug-likeness (QED) is 0.881. The number of aryl methyl sites for hydroxylation is 2. The molecule has 0 aliphatic rings. The van der Waals surface area contributed by atoms with Crippen LogP contribution in [0.5, 0.6) is 5.75 Å². The molecule has 1 aromatic carbocycles.